The van der Waals surface area contributed by atoms with Gasteiger partial charge in [-0.15, -0.1) is 0 Å². The lowest BCUT2D eigenvalue weighted by molar-refractivity contribution is -0.123. The average Bonchev–Trinajstić information content (AvgIpc) is 2.71. The molecule has 0 radical (unpaired) electrons. The van der Waals surface area contributed by atoms with E-state index >= 15 is 0 Å². The highest BCUT2D eigenvalue weighted by Crippen LogP contribution is 1.95. The summed E-state index contributed by atoms with van der Waals surface area (Å²) in [6, 6.07) is 0.0145. The van der Waals surface area contributed by atoms with Gasteiger partial charge in [-0.05, 0) is 20.3 Å². The Morgan fingerprint density at radius 2 is 2.24 bits per heavy atom. The topological polar surface area (TPSA) is 59.0 Å². The average molecular weight is 238 g/mol. The van der Waals surface area contributed by atoms with Crippen LogP contribution in [-0.2, 0) is 18.4 Å². The van der Waals surface area contributed by atoms with Gasteiger partial charge in [-0.2, -0.15) is 0 Å². The van der Waals surface area contributed by atoms with E-state index < -0.39 is 0 Å². The lowest BCUT2D eigenvalue weighted by atomic mass is 10.2. The summed E-state index contributed by atoms with van der Waals surface area (Å²) in [6.45, 7) is 6.51. The van der Waals surface area contributed by atoms with Gasteiger partial charge < -0.3 is 9.88 Å². The number of rotatable bonds is 6. The molecule has 1 rings (SSSR count). The highest BCUT2D eigenvalue weighted by Gasteiger charge is 2.14. The fourth-order valence-electron chi connectivity index (χ4n) is 1.37. The van der Waals surface area contributed by atoms with Gasteiger partial charge >= 0.3 is 0 Å². The maximum atomic E-state index is 11.8. The minimum absolute atomic E-state index is 0.0357. The van der Waals surface area contributed by atoms with Crippen molar-refractivity contribution in [1.29, 1.82) is 0 Å². The van der Waals surface area contributed by atoms with Crippen LogP contribution in [0.3, 0.4) is 0 Å². The molecule has 5 heteroatoms. The number of nitrogens with one attached hydrogen (secondary N) is 2. The van der Waals surface area contributed by atoms with Crippen molar-refractivity contribution in [3.8, 4) is 0 Å². The van der Waals surface area contributed by atoms with Crippen molar-refractivity contribution in [2.75, 3.05) is 0 Å². The summed E-state index contributed by atoms with van der Waals surface area (Å²) in [6.07, 6.45) is 4.58. The first-order valence-electron chi connectivity index (χ1n) is 6.04. The van der Waals surface area contributed by atoms with Crippen LogP contribution in [0, 0.1) is 0 Å². The number of hydrogen-bond acceptors (Lipinski definition) is 3. The Kier molecular flexibility index (Phi) is 5.15. The van der Waals surface area contributed by atoms with E-state index in [1.807, 2.05) is 31.7 Å². The fraction of sp³-hybridized carbons (Fsp3) is 0.667. The van der Waals surface area contributed by atoms with E-state index in [1.165, 1.54) is 0 Å². The molecule has 2 atom stereocenters. The van der Waals surface area contributed by atoms with E-state index in [9.17, 15) is 4.79 Å². The van der Waals surface area contributed by atoms with Crippen LogP contribution in [0.2, 0.25) is 0 Å². The Morgan fingerprint density at radius 3 is 2.76 bits per heavy atom. The molecule has 0 spiro atoms. The van der Waals surface area contributed by atoms with Crippen molar-refractivity contribution in [3.05, 3.63) is 18.2 Å². The van der Waals surface area contributed by atoms with E-state index in [4.69, 9.17) is 0 Å². The molecule has 1 aromatic heterocycles. The van der Waals surface area contributed by atoms with Gasteiger partial charge in [0, 0.05) is 25.5 Å². The number of carbonyl (C=O) groups excluding carboxylic acids is 1. The molecule has 17 heavy (non-hydrogen) atoms. The molecular formula is C12H22N4O. The molecule has 0 aromatic carbocycles. The summed E-state index contributed by atoms with van der Waals surface area (Å²) >= 11 is 0. The quantitative estimate of drug-likeness (QED) is 0.771. The van der Waals surface area contributed by atoms with Crippen LogP contribution in [0.25, 0.3) is 0 Å². The summed E-state index contributed by atoms with van der Waals surface area (Å²) < 4.78 is 1.94. The van der Waals surface area contributed by atoms with E-state index in [-0.39, 0.29) is 18.0 Å². The van der Waals surface area contributed by atoms with Gasteiger partial charge in [0.25, 0.3) is 0 Å². The first-order chi connectivity index (χ1) is 8.04. The second-order valence-corrected chi connectivity index (χ2v) is 4.37. The minimum atomic E-state index is -0.208. The van der Waals surface area contributed by atoms with E-state index in [2.05, 4.69) is 22.5 Å². The number of hydrogen-bond donors (Lipinski definition) is 2. The van der Waals surface area contributed by atoms with Crippen LogP contribution < -0.4 is 10.6 Å². The zero-order valence-electron chi connectivity index (χ0n) is 11.0. The smallest absolute Gasteiger partial charge is 0.237 e. The molecule has 0 aliphatic heterocycles. The molecule has 0 aliphatic carbocycles. The highest BCUT2D eigenvalue weighted by atomic mass is 16.2. The zero-order chi connectivity index (χ0) is 12.8. The van der Waals surface area contributed by atoms with Crippen molar-refractivity contribution < 1.29 is 4.79 Å². The number of aromatic nitrogens is 2. The molecular weight excluding hydrogens is 216 g/mol. The summed E-state index contributed by atoms with van der Waals surface area (Å²) in [7, 11) is 1.94. The lowest BCUT2D eigenvalue weighted by Gasteiger charge is -2.17. The van der Waals surface area contributed by atoms with Crippen LogP contribution in [0.4, 0.5) is 0 Å². The highest BCUT2D eigenvalue weighted by molar-refractivity contribution is 5.81. The number of imidazole rings is 1. The van der Waals surface area contributed by atoms with Crippen molar-refractivity contribution in [3.63, 3.8) is 0 Å². The maximum Gasteiger partial charge on any atom is 0.237 e. The van der Waals surface area contributed by atoms with Gasteiger partial charge in [-0.3, -0.25) is 10.1 Å². The molecule has 5 nitrogen and oxygen atoms in total. The standard InChI is InChI=1S/C12H22N4O/c1-5-9(2)15-12(17)10(3)14-8-11-13-6-7-16(11)4/h6-7,9-10,14H,5,8H2,1-4H3,(H,15,17). The number of nitrogens with zero attached hydrogens (tertiary/aromatic N) is 2. The predicted octanol–water partition coefficient (Wildman–Crippen LogP) is 0.813. The Hall–Kier alpha value is -1.36. The molecule has 1 amide bonds. The van der Waals surface area contributed by atoms with Crippen LogP contribution in [-0.4, -0.2) is 27.5 Å². The summed E-state index contributed by atoms with van der Waals surface area (Å²) in [5, 5.41) is 6.11. The first-order valence-corrected chi connectivity index (χ1v) is 6.04. The maximum absolute atomic E-state index is 11.8. The number of amides is 1. The Bertz CT molecular complexity index is 361. The molecule has 2 N–H and O–H groups in total. The Balaban J connectivity index is 2.36. The predicted molar refractivity (Wildman–Crippen MR) is 67.4 cm³/mol. The van der Waals surface area contributed by atoms with E-state index in [1.54, 1.807) is 6.20 Å². The van der Waals surface area contributed by atoms with Crippen LogP contribution >= 0.6 is 0 Å². The van der Waals surface area contributed by atoms with Gasteiger partial charge in [-0.1, -0.05) is 6.92 Å². The Morgan fingerprint density at radius 1 is 1.53 bits per heavy atom. The van der Waals surface area contributed by atoms with Gasteiger partial charge in [0.1, 0.15) is 5.82 Å². The van der Waals surface area contributed by atoms with Gasteiger partial charge in [0.05, 0.1) is 12.6 Å². The van der Waals surface area contributed by atoms with Crippen LogP contribution in [0.1, 0.15) is 33.0 Å². The van der Waals surface area contributed by atoms with Crippen molar-refractivity contribution in [1.82, 2.24) is 20.2 Å². The molecule has 96 valence electrons. The van der Waals surface area contributed by atoms with Crippen LogP contribution in [0.5, 0.6) is 0 Å². The van der Waals surface area contributed by atoms with Crippen molar-refractivity contribution >= 4 is 5.91 Å². The van der Waals surface area contributed by atoms with Gasteiger partial charge in [0.2, 0.25) is 5.91 Å². The third-order valence-electron chi connectivity index (χ3n) is 2.88. The van der Waals surface area contributed by atoms with Crippen LogP contribution in [0.15, 0.2) is 12.4 Å². The normalized spacial score (nSPS) is 14.4. The molecule has 1 aromatic rings. The van der Waals surface area contributed by atoms with Crippen molar-refractivity contribution in [2.24, 2.45) is 7.05 Å². The molecule has 0 saturated heterocycles. The first kappa shape index (κ1) is 13.7. The third-order valence-corrected chi connectivity index (χ3v) is 2.88. The monoisotopic (exact) mass is 238 g/mol. The summed E-state index contributed by atoms with van der Waals surface area (Å²) in [5.41, 5.74) is 0. The van der Waals surface area contributed by atoms with E-state index in [0.29, 0.717) is 6.54 Å². The molecule has 1 heterocycles. The van der Waals surface area contributed by atoms with E-state index in [0.717, 1.165) is 12.2 Å². The zero-order valence-corrected chi connectivity index (χ0v) is 11.0. The molecule has 0 bridgehead atoms. The molecule has 0 fully saturated rings. The number of aryl methyl sites for hydroxylation is 1. The summed E-state index contributed by atoms with van der Waals surface area (Å²) in [5.74, 6) is 0.960. The lowest BCUT2D eigenvalue weighted by Crippen LogP contribution is -2.45. The summed E-state index contributed by atoms with van der Waals surface area (Å²) in [4.78, 5) is 15.9. The van der Waals surface area contributed by atoms with Crippen molar-refractivity contribution in [2.45, 2.75) is 45.8 Å². The Labute approximate surface area is 103 Å². The molecule has 2 unspecified atom stereocenters. The molecule has 0 aliphatic rings. The largest absolute Gasteiger partial charge is 0.352 e. The third kappa shape index (κ3) is 4.19. The SMILES string of the molecule is CCC(C)NC(=O)C(C)NCc1nccn1C. The minimum Gasteiger partial charge on any atom is -0.352 e. The second-order valence-electron chi connectivity index (χ2n) is 4.37. The second kappa shape index (κ2) is 6.39. The van der Waals surface area contributed by atoms with Gasteiger partial charge in [0.15, 0.2) is 0 Å². The molecule has 0 saturated carbocycles. The fourth-order valence-corrected chi connectivity index (χ4v) is 1.37. The number of carbonyl (C=O) groups is 1. The van der Waals surface area contributed by atoms with Gasteiger partial charge in [-0.25, -0.2) is 4.98 Å².